The minimum atomic E-state index is -2.82. The third kappa shape index (κ3) is 6.87. The van der Waals surface area contributed by atoms with E-state index in [2.05, 4.69) is 74.5 Å². The smallest absolute Gasteiger partial charge is 0.416 e. The van der Waals surface area contributed by atoms with Gasteiger partial charge in [0, 0.05) is 6.04 Å². The first kappa shape index (κ1) is 30.7. The van der Waals surface area contributed by atoms with Crippen molar-refractivity contribution in [3.8, 4) is 0 Å². The Balaban J connectivity index is 2.52. The lowest BCUT2D eigenvalue weighted by Crippen LogP contribution is -2.64. The molecule has 3 nitrogen and oxygen atoms in total. The van der Waals surface area contributed by atoms with Gasteiger partial charge in [-0.3, -0.25) is 0 Å². The fraction of sp³-hybridized carbons (Fsp3) is 0.926. The Morgan fingerprint density at radius 2 is 0.941 bits per heavy atom. The number of allylic oxidation sites excluding steroid dienone is 2. The molecule has 0 aromatic heterocycles. The first-order chi connectivity index (χ1) is 16.2. The Hall–Kier alpha value is 0.488. The first-order valence-corrected chi connectivity index (χ1v) is 24.5. The van der Waals surface area contributed by atoms with Gasteiger partial charge in [-0.15, -0.1) is 0 Å². The summed E-state index contributed by atoms with van der Waals surface area (Å²) in [5, 5.41) is 0. The molecule has 2 aliphatic rings. The molecule has 34 heavy (non-hydrogen) atoms. The monoisotopic (exact) mass is 542 g/mol. The van der Waals surface area contributed by atoms with Crippen molar-refractivity contribution in [1.29, 1.82) is 0 Å². The minimum absolute atomic E-state index is 0.790. The highest BCUT2D eigenvalue weighted by atomic mass is 28.5. The summed E-state index contributed by atoms with van der Waals surface area (Å²) < 4.78 is 22.9. The van der Waals surface area contributed by atoms with Crippen LogP contribution < -0.4 is 0 Å². The SMILES string of the molecule is CC[Si](CC)(CC)O[Si](CCC1CC2C=CC1C2)(O[Si](CC)(CC)CC)O[Si](CC)(CC)CC. The molecule has 200 valence electrons. The Labute approximate surface area is 217 Å². The van der Waals surface area contributed by atoms with Crippen molar-refractivity contribution in [2.24, 2.45) is 17.8 Å². The van der Waals surface area contributed by atoms with E-state index < -0.39 is 33.8 Å². The van der Waals surface area contributed by atoms with Crippen molar-refractivity contribution >= 4 is 33.8 Å². The molecule has 2 rings (SSSR count). The lowest BCUT2D eigenvalue weighted by atomic mass is 9.91. The Kier molecular flexibility index (Phi) is 12.0. The van der Waals surface area contributed by atoms with Gasteiger partial charge in [-0.2, -0.15) is 0 Å². The van der Waals surface area contributed by atoms with Crippen molar-refractivity contribution in [2.75, 3.05) is 0 Å². The quantitative estimate of drug-likeness (QED) is 0.127. The van der Waals surface area contributed by atoms with Gasteiger partial charge in [-0.1, -0.05) is 74.5 Å². The Morgan fingerprint density at radius 1 is 0.559 bits per heavy atom. The average molecular weight is 543 g/mol. The van der Waals surface area contributed by atoms with Crippen LogP contribution in [0.4, 0.5) is 0 Å². The zero-order chi connectivity index (χ0) is 25.5. The van der Waals surface area contributed by atoms with Crippen LogP contribution in [0.2, 0.25) is 60.4 Å². The van der Waals surface area contributed by atoms with E-state index in [0.717, 1.165) is 23.8 Å². The Bertz CT molecular complexity index is 550. The molecule has 0 aromatic carbocycles. The van der Waals surface area contributed by atoms with E-state index in [9.17, 15) is 0 Å². The highest BCUT2D eigenvalue weighted by Gasteiger charge is 2.55. The predicted octanol–water partition coefficient (Wildman–Crippen LogP) is 9.59. The highest BCUT2D eigenvalue weighted by Crippen LogP contribution is 2.47. The summed E-state index contributed by atoms with van der Waals surface area (Å²) in [6, 6.07) is 11.7. The van der Waals surface area contributed by atoms with Gasteiger partial charge in [0.25, 0.3) is 0 Å². The molecule has 7 heteroatoms. The van der Waals surface area contributed by atoms with Crippen molar-refractivity contribution in [3.05, 3.63) is 12.2 Å². The summed E-state index contributed by atoms with van der Waals surface area (Å²) >= 11 is 0. The van der Waals surface area contributed by atoms with E-state index in [1.54, 1.807) is 0 Å². The van der Waals surface area contributed by atoms with Crippen LogP contribution in [0.1, 0.15) is 81.6 Å². The first-order valence-electron chi connectivity index (χ1n) is 15.0. The lowest BCUT2D eigenvalue weighted by Gasteiger charge is -2.48. The van der Waals surface area contributed by atoms with Crippen molar-refractivity contribution < 1.29 is 12.3 Å². The summed E-state index contributed by atoms with van der Waals surface area (Å²) in [6.45, 7) is 21.3. The van der Waals surface area contributed by atoms with Crippen LogP contribution in [0.3, 0.4) is 0 Å². The largest absolute Gasteiger partial charge is 0.469 e. The van der Waals surface area contributed by atoms with Crippen molar-refractivity contribution in [3.63, 3.8) is 0 Å². The molecule has 0 heterocycles. The molecule has 0 saturated heterocycles. The molecule has 2 bridgehead atoms. The van der Waals surface area contributed by atoms with Crippen molar-refractivity contribution in [2.45, 2.75) is 142 Å². The molecular formula is C27H58O3Si4. The van der Waals surface area contributed by atoms with E-state index in [-0.39, 0.29) is 0 Å². The molecule has 0 aliphatic heterocycles. The van der Waals surface area contributed by atoms with Crippen LogP contribution in [0.15, 0.2) is 12.2 Å². The summed E-state index contributed by atoms with van der Waals surface area (Å²) in [5.41, 5.74) is 0. The lowest BCUT2D eigenvalue weighted by molar-refractivity contribution is 0.232. The maximum atomic E-state index is 7.62. The van der Waals surface area contributed by atoms with Crippen LogP contribution in [-0.4, -0.2) is 33.8 Å². The molecular weight excluding hydrogens is 485 g/mol. The van der Waals surface area contributed by atoms with Gasteiger partial charge in [0.15, 0.2) is 25.0 Å². The topological polar surface area (TPSA) is 27.7 Å². The van der Waals surface area contributed by atoms with Gasteiger partial charge in [0.1, 0.15) is 0 Å². The van der Waals surface area contributed by atoms with Gasteiger partial charge in [-0.05, 0) is 91.4 Å². The zero-order valence-electron chi connectivity index (χ0n) is 24.3. The van der Waals surface area contributed by atoms with E-state index in [0.29, 0.717) is 0 Å². The summed E-state index contributed by atoms with van der Waals surface area (Å²) in [4.78, 5) is 0. The van der Waals surface area contributed by atoms with Crippen LogP contribution in [0.5, 0.6) is 0 Å². The second-order valence-corrected chi connectivity index (χ2v) is 29.1. The van der Waals surface area contributed by atoms with Gasteiger partial charge in [0.05, 0.1) is 0 Å². The summed E-state index contributed by atoms with van der Waals surface area (Å²) in [5.74, 6) is 2.42. The fourth-order valence-electron chi connectivity index (χ4n) is 6.69. The third-order valence-corrected chi connectivity index (χ3v) is 31.6. The molecule has 0 spiro atoms. The molecule has 3 unspecified atom stereocenters. The second-order valence-electron chi connectivity index (χ2n) is 11.3. The van der Waals surface area contributed by atoms with Crippen LogP contribution >= 0.6 is 0 Å². The molecule has 1 saturated carbocycles. The fourth-order valence-corrected chi connectivity index (χ4v) is 27.9. The summed E-state index contributed by atoms with van der Waals surface area (Å²) in [6.07, 6.45) is 8.99. The van der Waals surface area contributed by atoms with Crippen LogP contribution in [-0.2, 0) is 12.3 Å². The molecule has 0 aromatic rings. The maximum absolute atomic E-state index is 7.62. The normalized spacial score (nSPS) is 23.3. The van der Waals surface area contributed by atoms with Gasteiger partial charge in [-0.25, -0.2) is 0 Å². The highest BCUT2D eigenvalue weighted by molar-refractivity contribution is 6.92. The number of rotatable bonds is 18. The van der Waals surface area contributed by atoms with Crippen molar-refractivity contribution in [1.82, 2.24) is 0 Å². The predicted molar refractivity (Wildman–Crippen MR) is 159 cm³/mol. The van der Waals surface area contributed by atoms with Gasteiger partial charge in [0.2, 0.25) is 0 Å². The minimum Gasteiger partial charge on any atom is -0.416 e. The van der Waals surface area contributed by atoms with Gasteiger partial charge >= 0.3 is 8.80 Å². The zero-order valence-corrected chi connectivity index (χ0v) is 28.3. The average Bonchev–Trinajstić information content (AvgIpc) is 3.52. The Morgan fingerprint density at radius 3 is 1.21 bits per heavy atom. The molecule has 0 radical (unpaired) electrons. The van der Waals surface area contributed by atoms with Gasteiger partial charge < -0.3 is 12.3 Å². The van der Waals surface area contributed by atoms with E-state index in [4.69, 9.17) is 12.3 Å². The van der Waals surface area contributed by atoms with E-state index in [1.165, 1.54) is 73.7 Å². The standard InChI is InChI=1S/C27H58O3Si4/c1-10-31(11-2,12-3)28-34(29-32(13-4,14-5)15-6,30-33(16-7,17-8)18-9)22-21-27-24-25-19-20-26(27)23-25/h19-20,25-27H,10-18,21-24H2,1-9H3. The number of fused-ring (bicyclic) bond motifs is 2. The van der Waals surface area contributed by atoms with Crippen LogP contribution in [0.25, 0.3) is 0 Å². The van der Waals surface area contributed by atoms with E-state index in [1.807, 2.05) is 0 Å². The number of hydrogen-bond acceptors (Lipinski definition) is 3. The van der Waals surface area contributed by atoms with E-state index >= 15 is 0 Å². The van der Waals surface area contributed by atoms with Crippen LogP contribution in [0, 0.1) is 17.8 Å². The molecule has 1 fully saturated rings. The maximum Gasteiger partial charge on any atom is 0.469 e. The molecule has 2 aliphatic carbocycles. The molecule has 0 N–H and O–H groups in total. The second kappa shape index (κ2) is 13.3. The molecule has 0 amide bonds. The third-order valence-electron chi connectivity index (χ3n) is 10.2. The summed E-state index contributed by atoms with van der Waals surface area (Å²) in [7, 11) is -8.46. The molecule has 3 atom stereocenters. The number of hydrogen-bond donors (Lipinski definition) is 0.